The minimum absolute atomic E-state index is 0.209. The van der Waals surface area contributed by atoms with Crippen LogP contribution in [0.5, 0.6) is 0 Å². The summed E-state index contributed by atoms with van der Waals surface area (Å²) < 4.78 is 12.9. The maximum absolute atomic E-state index is 12.9. The van der Waals surface area contributed by atoms with Gasteiger partial charge in [-0.05, 0) is 30.7 Å². The van der Waals surface area contributed by atoms with Crippen molar-refractivity contribution in [1.29, 1.82) is 0 Å². The maximum atomic E-state index is 12.9. The van der Waals surface area contributed by atoms with Crippen molar-refractivity contribution in [1.82, 2.24) is 10.3 Å². The lowest BCUT2D eigenvalue weighted by Crippen LogP contribution is -2.24. The highest BCUT2D eigenvalue weighted by molar-refractivity contribution is 6.30. The number of nitrogens with zero attached hydrogens (tertiary/aromatic N) is 1. The first-order valence-corrected chi connectivity index (χ1v) is 6.65. The van der Waals surface area contributed by atoms with Crippen LogP contribution in [0.1, 0.15) is 28.5 Å². The molecular formula is C15H14ClFN2O. The zero-order chi connectivity index (χ0) is 14.5. The quantitative estimate of drug-likeness (QED) is 0.940. The largest absolute Gasteiger partial charge is 0.352 e. The second-order valence-electron chi connectivity index (χ2n) is 4.31. The Bertz CT molecular complexity index is 614. The Kier molecular flexibility index (Phi) is 4.69. The van der Waals surface area contributed by atoms with Crippen LogP contribution < -0.4 is 5.32 Å². The number of benzene rings is 1. The van der Waals surface area contributed by atoms with E-state index in [-0.39, 0.29) is 11.7 Å². The van der Waals surface area contributed by atoms with Gasteiger partial charge in [-0.1, -0.05) is 23.7 Å². The fourth-order valence-electron chi connectivity index (χ4n) is 1.86. The summed E-state index contributed by atoms with van der Waals surface area (Å²) in [6.45, 7) is 2.37. The van der Waals surface area contributed by atoms with Gasteiger partial charge >= 0.3 is 0 Å². The molecule has 3 nitrogen and oxygen atoms in total. The number of carbonyl (C=O) groups is 1. The van der Waals surface area contributed by atoms with Gasteiger partial charge < -0.3 is 5.32 Å². The molecule has 0 saturated heterocycles. The summed E-state index contributed by atoms with van der Waals surface area (Å²) in [5, 5.41) is 3.14. The van der Waals surface area contributed by atoms with Gasteiger partial charge in [-0.2, -0.15) is 0 Å². The molecule has 0 aliphatic rings. The van der Waals surface area contributed by atoms with Crippen molar-refractivity contribution in [3.63, 3.8) is 0 Å². The van der Waals surface area contributed by atoms with E-state index in [1.165, 1.54) is 18.3 Å². The van der Waals surface area contributed by atoms with Gasteiger partial charge in [-0.3, -0.25) is 9.78 Å². The van der Waals surface area contributed by atoms with Crippen molar-refractivity contribution in [2.75, 3.05) is 6.54 Å². The molecule has 1 aromatic heterocycles. The van der Waals surface area contributed by atoms with Gasteiger partial charge in [0.2, 0.25) is 0 Å². The van der Waals surface area contributed by atoms with E-state index in [0.29, 0.717) is 29.2 Å². The second-order valence-corrected chi connectivity index (χ2v) is 4.75. The zero-order valence-corrected chi connectivity index (χ0v) is 11.7. The van der Waals surface area contributed by atoms with Crippen LogP contribution in [0.3, 0.4) is 0 Å². The molecule has 1 aromatic carbocycles. The highest BCUT2D eigenvalue weighted by Crippen LogP contribution is 2.17. The molecule has 0 fully saturated rings. The minimum Gasteiger partial charge on any atom is -0.352 e. The van der Waals surface area contributed by atoms with E-state index >= 15 is 0 Å². The monoisotopic (exact) mass is 292 g/mol. The lowest BCUT2D eigenvalue weighted by Gasteiger charge is -2.09. The van der Waals surface area contributed by atoms with Gasteiger partial charge in [0.15, 0.2) is 0 Å². The Balaban J connectivity index is 2.31. The predicted octanol–water partition coefficient (Wildman–Crippen LogP) is 3.21. The summed E-state index contributed by atoms with van der Waals surface area (Å²) in [5.74, 6) is -0.499. The van der Waals surface area contributed by atoms with Crippen molar-refractivity contribution in [2.45, 2.75) is 13.3 Å². The van der Waals surface area contributed by atoms with E-state index in [0.717, 1.165) is 5.56 Å². The van der Waals surface area contributed by atoms with Crippen LogP contribution in [0.25, 0.3) is 0 Å². The predicted molar refractivity (Wildman–Crippen MR) is 76.5 cm³/mol. The minimum atomic E-state index is -0.290. The smallest absolute Gasteiger partial charge is 0.253 e. The molecule has 0 atom stereocenters. The van der Waals surface area contributed by atoms with Crippen LogP contribution in [0.2, 0.25) is 5.02 Å². The van der Waals surface area contributed by atoms with Crippen LogP contribution in [0, 0.1) is 5.82 Å². The Labute approximate surface area is 121 Å². The third kappa shape index (κ3) is 3.54. The number of hydrogen-bond acceptors (Lipinski definition) is 2. The van der Waals surface area contributed by atoms with Gasteiger partial charge in [-0.15, -0.1) is 0 Å². The highest BCUT2D eigenvalue weighted by atomic mass is 35.5. The molecule has 0 bridgehead atoms. The van der Waals surface area contributed by atoms with Crippen molar-refractivity contribution in [3.05, 3.63) is 64.2 Å². The molecule has 1 N–H and O–H groups in total. The lowest BCUT2D eigenvalue weighted by molar-refractivity contribution is 0.0954. The van der Waals surface area contributed by atoms with E-state index in [9.17, 15) is 9.18 Å². The molecule has 5 heteroatoms. The number of hydrogen-bond donors (Lipinski definition) is 1. The van der Waals surface area contributed by atoms with Crippen molar-refractivity contribution in [3.8, 4) is 0 Å². The zero-order valence-electron chi connectivity index (χ0n) is 11.0. The molecule has 0 saturated carbocycles. The standard InChI is InChI=1S/C15H14ClFN2O/c1-2-18-15(20)13-8-11(16)9-19-14(13)7-10-3-5-12(17)6-4-10/h3-6,8-9H,2,7H2,1H3,(H,18,20). The number of rotatable bonds is 4. The summed E-state index contributed by atoms with van der Waals surface area (Å²) in [6.07, 6.45) is 1.95. The Morgan fingerprint density at radius 3 is 2.70 bits per heavy atom. The van der Waals surface area contributed by atoms with Crippen LogP contribution in [0.4, 0.5) is 4.39 Å². The number of nitrogens with one attached hydrogen (secondary N) is 1. The van der Waals surface area contributed by atoms with Crippen LogP contribution in [-0.4, -0.2) is 17.4 Å². The first kappa shape index (κ1) is 14.5. The maximum Gasteiger partial charge on any atom is 0.253 e. The van der Waals surface area contributed by atoms with E-state index < -0.39 is 0 Å². The lowest BCUT2D eigenvalue weighted by atomic mass is 10.0. The van der Waals surface area contributed by atoms with E-state index in [4.69, 9.17) is 11.6 Å². The molecule has 0 radical (unpaired) electrons. The Morgan fingerprint density at radius 2 is 2.05 bits per heavy atom. The van der Waals surface area contributed by atoms with Gasteiger partial charge in [0.05, 0.1) is 16.3 Å². The average molecular weight is 293 g/mol. The van der Waals surface area contributed by atoms with E-state index in [1.807, 2.05) is 6.92 Å². The fraction of sp³-hybridized carbons (Fsp3) is 0.200. The number of amides is 1. The first-order valence-electron chi connectivity index (χ1n) is 6.27. The summed E-state index contributed by atoms with van der Waals surface area (Å²) in [4.78, 5) is 16.2. The summed E-state index contributed by atoms with van der Waals surface area (Å²) in [6, 6.07) is 7.72. The summed E-state index contributed by atoms with van der Waals surface area (Å²) >= 11 is 5.89. The van der Waals surface area contributed by atoms with Gasteiger partial charge in [0.1, 0.15) is 5.82 Å². The molecule has 0 aliphatic carbocycles. The molecule has 0 spiro atoms. The van der Waals surface area contributed by atoms with Crippen LogP contribution >= 0.6 is 11.6 Å². The number of aromatic nitrogens is 1. The summed E-state index contributed by atoms with van der Waals surface area (Å²) in [5.41, 5.74) is 1.95. The van der Waals surface area contributed by atoms with Crippen molar-refractivity contribution in [2.24, 2.45) is 0 Å². The topological polar surface area (TPSA) is 42.0 Å². The van der Waals surface area contributed by atoms with Crippen LogP contribution in [-0.2, 0) is 6.42 Å². The van der Waals surface area contributed by atoms with Crippen LogP contribution in [0.15, 0.2) is 36.5 Å². The molecule has 1 heterocycles. The molecular weight excluding hydrogens is 279 g/mol. The Morgan fingerprint density at radius 1 is 1.35 bits per heavy atom. The molecule has 0 aliphatic heterocycles. The fourth-order valence-corrected chi connectivity index (χ4v) is 2.01. The molecule has 104 valence electrons. The number of carbonyl (C=O) groups excluding carboxylic acids is 1. The molecule has 2 aromatic rings. The number of halogens is 2. The SMILES string of the molecule is CCNC(=O)c1cc(Cl)cnc1Cc1ccc(F)cc1. The van der Waals surface area contributed by atoms with E-state index in [2.05, 4.69) is 10.3 Å². The van der Waals surface area contributed by atoms with Gasteiger partial charge in [-0.25, -0.2) is 4.39 Å². The normalized spacial score (nSPS) is 10.3. The average Bonchev–Trinajstić information content (AvgIpc) is 2.43. The van der Waals surface area contributed by atoms with Gasteiger partial charge in [0, 0.05) is 19.2 Å². The van der Waals surface area contributed by atoms with E-state index in [1.54, 1.807) is 18.2 Å². The highest BCUT2D eigenvalue weighted by Gasteiger charge is 2.13. The van der Waals surface area contributed by atoms with Gasteiger partial charge in [0.25, 0.3) is 5.91 Å². The summed E-state index contributed by atoms with van der Waals surface area (Å²) in [7, 11) is 0. The Hall–Kier alpha value is -1.94. The molecule has 20 heavy (non-hydrogen) atoms. The third-order valence-corrected chi connectivity index (χ3v) is 3.01. The van der Waals surface area contributed by atoms with Crippen molar-refractivity contribution < 1.29 is 9.18 Å². The second kappa shape index (κ2) is 6.48. The third-order valence-electron chi connectivity index (χ3n) is 2.80. The molecule has 0 unspecified atom stereocenters. The number of pyridine rings is 1. The van der Waals surface area contributed by atoms with Crippen molar-refractivity contribution >= 4 is 17.5 Å². The molecule has 1 amide bonds. The molecule has 2 rings (SSSR count). The first-order chi connectivity index (χ1) is 9.60.